The number of hydrogen-bond acceptors (Lipinski definition) is 4. The second kappa shape index (κ2) is 4.35. The van der Waals surface area contributed by atoms with Gasteiger partial charge in [-0.25, -0.2) is 4.98 Å². The maximum atomic E-state index is 10.5. The number of nitro groups is 1. The van der Waals surface area contributed by atoms with Crippen molar-refractivity contribution in [1.82, 2.24) is 4.98 Å². The Morgan fingerprint density at radius 1 is 1.71 bits per heavy atom. The van der Waals surface area contributed by atoms with E-state index in [1.807, 2.05) is 0 Å². The molecule has 14 heavy (non-hydrogen) atoms. The monoisotopic (exact) mass is 191 g/mol. The molecule has 1 aromatic rings. The zero-order chi connectivity index (χ0) is 10.6. The second-order valence-corrected chi connectivity index (χ2v) is 2.62. The lowest BCUT2D eigenvalue weighted by Gasteiger charge is -1.95. The molecule has 0 radical (unpaired) electrons. The number of aryl methyl sites for hydroxylation is 1. The molecule has 0 saturated carbocycles. The van der Waals surface area contributed by atoms with E-state index >= 15 is 0 Å². The quantitative estimate of drug-likeness (QED) is 0.400. The van der Waals surface area contributed by atoms with Gasteiger partial charge in [0.2, 0.25) is 0 Å². The molecule has 0 unspecified atom stereocenters. The molecule has 1 rings (SSSR count). The molecule has 2 N–H and O–H groups in total. The number of nitrogens with zero attached hydrogens (tertiary/aromatic N) is 2. The lowest BCUT2D eigenvalue weighted by molar-refractivity contribution is -0.385. The lowest BCUT2D eigenvalue weighted by Crippen LogP contribution is -1.96. The van der Waals surface area contributed by atoms with Crippen molar-refractivity contribution in [2.24, 2.45) is 5.73 Å². The molecule has 5 nitrogen and oxygen atoms in total. The number of nitrogens with two attached hydrogens (primary N) is 1. The third kappa shape index (κ3) is 2.28. The molecule has 0 atom stereocenters. The van der Waals surface area contributed by atoms with E-state index in [1.54, 1.807) is 13.0 Å². The van der Waals surface area contributed by atoms with Gasteiger partial charge >= 0.3 is 0 Å². The highest BCUT2D eigenvalue weighted by molar-refractivity contribution is 5.41. The summed E-state index contributed by atoms with van der Waals surface area (Å²) in [6.07, 6.45) is 1.20. The fourth-order valence-corrected chi connectivity index (χ4v) is 0.950. The Labute approximate surface area is 81.1 Å². The minimum atomic E-state index is -0.470. The zero-order valence-electron chi connectivity index (χ0n) is 7.65. The fourth-order valence-electron chi connectivity index (χ4n) is 0.950. The van der Waals surface area contributed by atoms with E-state index in [2.05, 4.69) is 16.8 Å². The highest BCUT2D eigenvalue weighted by atomic mass is 16.6. The first-order valence-electron chi connectivity index (χ1n) is 3.95. The van der Waals surface area contributed by atoms with Gasteiger partial charge in [0, 0.05) is 5.56 Å². The van der Waals surface area contributed by atoms with Crippen LogP contribution in [-0.2, 0) is 0 Å². The fraction of sp³-hybridized carbons (Fsp3) is 0.222. The Kier molecular flexibility index (Phi) is 3.15. The molecule has 72 valence electrons. The Hall–Kier alpha value is -1.93. The summed E-state index contributed by atoms with van der Waals surface area (Å²) in [4.78, 5) is 13.8. The van der Waals surface area contributed by atoms with Crippen molar-refractivity contribution >= 4 is 5.69 Å². The molecule has 0 aliphatic rings. The SMILES string of the molecule is Cc1cc(C#CCN)ncc1[N+](=O)[O-]. The van der Waals surface area contributed by atoms with Crippen LogP contribution in [0.2, 0.25) is 0 Å². The largest absolute Gasteiger partial charge is 0.320 e. The highest BCUT2D eigenvalue weighted by Gasteiger charge is 2.10. The molecule has 0 spiro atoms. The molecule has 0 amide bonds. The van der Waals surface area contributed by atoms with E-state index in [0.29, 0.717) is 11.3 Å². The average molecular weight is 191 g/mol. The van der Waals surface area contributed by atoms with Crippen molar-refractivity contribution in [2.75, 3.05) is 6.54 Å². The van der Waals surface area contributed by atoms with E-state index < -0.39 is 4.92 Å². The van der Waals surface area contributed by atoms with Gasteiger partial charge in [0.15, 0.2) is 0 Å². The maximum absolute atomic E-state index is 10.5. The molecule has 5 heteroatoms. The van der Waals surface area contributed by atoms with E-state index in [1.165, 1.54) is 6.20 Å². The Balaban J connectivity index is 3.06. The summed E-state index contributed by atoms with van der Waals surface area (Å²) in [5, 5.41) is 10.5. The Morgan fingerprint density at radius 3 is 2.93 bits per heavy atom. The van der Waals surface area contributed by atoms with Crippen molar-refractivity contribution in [3.63, 3.8) is 0 Å². The van der Waals surface area contributed by atoms with Crippen molar-refractivity contribution in [3.05, 3.63) is 33.6 Å². The number of aromatic nitrogens is 1. The van der Waals surface area contributed by atoms with Crippen LogP contribution in [0.15, 0.2) is 12.3 Å². The minimum Gasteiger partial charge on any atom is -0.320 e. The molecule has 0 fully saturated rings. The van der Waals surface area contributed by atoms with Gasteiger partial charge in [0.05, 0.1) is 11.5 Å². The summed E-state index contributed by atoms with van der Waals surface area (Å²) in [7, 11) is 0. The third-order valence-corrected chi connectivity index (χ3v) is 1.60. The van der Waals surface area contributed by atoms with Gasteiger partial charge in [0.25, 0.3) is 5.69 Å². The second-order valence-electron chi connectivity index (χ2n) is 2.62. The molecule has 0 saturated heterocycles. The first-order valence-corrected chi connectivity index (χ1v) is 3.95. The summed E-state index contributed by atoms with van der Waals surface area (Å²) in [6, 6.07) is 1.57. The Morgan fingerprint density at radius 2 is 2.43 bits per heavy atom. The molecule has 0 bridgehead atoms. The van der Waals surface area contributed by atoms with Crippen LogP contribution in [0.3, 0.4) is 0 Å². The minimum absolute atomic E-state index is 0.00305. The van der Waals surface area contributed by atoms with Gasteiger partial charge in [-0.1, -0.05) is 5.92 Å². The number of hydrogen-bond donors (Lipinski definition) is 1. The van der Waals surface area contributed by atoms with Crippen LogP contribution in [0.25, 0.3) is 0 Å². The molecule has 1 aromatic heterocycles. The van der Waals surface area contributed by atoms with E-state index in [9.17, 15) is 10.1 Å². The average Bonchev–Trinajstić information content (AvgIpc) is 2.14. The molecule has 0 aliphatic heterocycles. The van der Waals surface area contributed by atoms with Gasteiger partial charge in [-0.05, 0) is 18.9 Å². The van der Waals surface area contributed by atoms with Gasteiger partial charge < -0.3 is 5.73 Å². The molecule has 0 aliphatic carbocycles. The van der Waals surface area contributed by atoms with Crippen LogP contribution in [0.5, 0.6) is 0 Å². The van der Waals surface area contributed by atoms with Crippen LogP contribution < -0.4 is 5.73 Å². The number of pyridine rings is 1. The highest BCUT2D eigenvalue weighted by Crippen LogP contribution is 2.15. The van der Waals surface area contributed by atoms with Gasteiger partial charge in [-0.3, -0.25) is 10.1 Å². The third-order valence-electron chi connectivity index (χ3n) is 1.60. The van der Waals surface area contributed by atoms with E-state index in [4.69, 9.17) is 5.73 Å². The molecule has 0 aromatic carbocycles. The molecule has 1 heterocycles. The van der Waals surface area contributed by atoms with Gasteiger partial charge in [-0.15, -0.1) is 0 Å². The van der Waals surface area contributed by atoms with Crippen molar-refractivity contribution in [3.8, 4) is 11.8 Å². The van der Waals surface area contributed by atoms with Gasteiger partial charge in [0.1, 0.15) is 11.9 Å². The van der Waals surface area contributed by atoms with Gasteiger partial charge in [-0.2, -0.15) is 0 Å². The predicted octanol–water partition coefficient (Wildman–Crippen LogP) is 0.608. The van der Waals surface area contributed by atoms with Crippen molar-refractivity contribution < 1.29 is 4.92 Å². The maximum Gasteiger partial charge on any atom is 0.290 e. The van der Waals surface area contributed by atoms with E-state index in [-0.39, 0.29) is 12.2 Å². The van der Waals surface area contributed by atoms with Crippen molar-refractivity contribution in [2.45, 2.75) is 6.92 Å². The summed E-state index contributed by atoms with van der Waals surface area (Å²) in [6.45, 7) is 1.89. The Bertz CT molecular complexity index is 418. The topological polar surface area (TPSA) is 82.0 Å². The summed E-state index contributed by atoms with van der Waals surface area (Å²) < 4.78 is 0. The normalized spacial score (nSPS) is 9.00. The predicted molar refractivity (Wildman–Crippen MR) is 51.6 cm³/mol. The van der Waals surface area contributed by atoms with Crippen LogP contribution in [0.1, 0.15) is 11.3 Å². The molecular weight excluding hydrogens is 182 g/mol. The van der Waals surface area contributed by atoms with Crippen LogP contribution in [-0.4, -0.2) is 16.5 Å². The lowest BCUT2D eigenvalue weighted by atomic mass is 10.2. The smallest absolute Gasteiger partial charge is 0.290 e. The molecular formula is C9H9N3O2. The van der Waals surface area contributed by atoms with E-state index in [0.717, 1.165) is 0 Å². The zero-order valence-corrected chi connectivity index (χ0v) is 7.65. The summed E-state index contributed by atoms with van der Waals surface area (Å²) >= 11 is 0. The standard InChI is InChI=1S/C9H9N3O2/c1-7-5-8(3-2-4-10)11-6-9(7)12(13)14/h5-6H,4,10H2,1H3. The first-order chi connectivity index (χ1) is 6.65. The summed E-state index contributed by atoms with van der Waals surface area (Å²) in [5.41, 5.74) is 6.23. The van der Waals surface area contributed by atoms with Crippen LogP contribution in [0.4, 0.5) is 5.69 Å². The summed E-state index contributed by atoms with van der Waals surface area (Å²) in [5.74, 6) is 5.33. The first kappa shape index (κ1) is 10.2. The van der Waals surface area contributed by atoms with Crippen molar-refractivity contribution in [1.29, 1.82) is 0 Å². The van der Waals surface area contributed by atoms with Crippen LogP contribution >= 0.6 is 0 Å². The van der Waals surface area contributed by atoms with Crippen LogP contribution in [0, 0.1) is 28.9 Å². The number of rotatable bonds is 1.